The molecule has 2 fully saturated rings. The summed E-state index contributed by atoms with van der Waals surface area (Å²) in [6, 6.07) is 7.80. The van der Waals surface area contributed by atoms with Crippen molar-refractivity contribution in [3.05, 3.63) is 18.2 Å². The SMILES string of the molecule is CCCOc1cccc2sc(SN(C3CCCCC3)C3CCCCC3)nc12. The molecule has 0 saturated heterocycles. The average Bonchev–Trinajstić information content (AvgIpc) is 3.15. The van der Waals surface area contributed by atoms with Gasteiger partial charge in [0.25, 0.3) is 0 Å². The van der Waals surface area contributed by atoms with E-state index in [4.69, 9.17) is 9.72 Å². The number of aromatic nitrogens is 1. The van der Waals surface area contributed by atoms with E-state index >= 15 is 0 Å². The van der Waals surface area contributed by atoms with Gasteiger partial charge in [-0.05, 0) is 56.2 Å². The lowest BCUT2D eigenvalue weighted by molar-refractivity contribution is 0.185. The largest absolute Gasteiger partial charge is 0.491 e. The topological polar surface area (TPSA) is 25.4 Å². The van der Waals surface area contributed by atoms with Gasteiger partial charge in [-0.1, -0.05) is 51.5 Å². The maximum absolute atomic E-state index is 5.94. The summed E-state index contributed by atoms with van der Waals surface area (Å²) in [5.74, 6) is 0.944. The predicted molar refractivity (Wildman–Crippen MR) is 117 cm³/mol. The van der Waals surface area contributed by atoms with Crippen LogP contribution in [0.1, 0.15) is 77.6 Å². The van der Waals surface area contributed by atoms with Gasteiger partial charge in [-0.25, -0.2) is 9.29 Å². The Morgan fingerprint density at radius 3 is 2.33 bits per heavy atom. The molecule has 148 valence electrons. The molecule has 0 N–H and O–H groups in total. The smallest absolute Gasteiger partial charge is 0.166 e. The van der Waals surface area contributed by atoms with E-state index in [1.807, 2.05) is 23.3 Å². The van der Waals surface area contributed by atoms with Crippen LogP contribution in [-0.2, 0) is 0 Å². The van der Waals surface area contributed by atoms with Crippen molar-refractivity contribution in [2.24, 2.45) is 0 Å². The molecule has 27 heavy (non-hydrogen) atoms. The van der Waals surface area contributed by atoms with Crippen molar-refractivity contribution < 1.29 is 4.74 Å². The molecule has 0 atom stereocenters. The summed E-state index contributed by atoms with van der Waals surface area (Å²) in [5.41, 5.74) is 1.05. The molecule has 4 rings (SSSR count). The summed E-state index contributed by atoms with van der Waals surface area (Å²) in [6.07, 6.45) is 14.9. The van der Waals surface area contributed by atoms with Crippen LogP contribution in [0.15, 0.2) is 22.5 Å². The van der Waals surface area contributed by atoms with E-state index in [0.29, 0.717) is 0 Å². The van der Waals surface area contributed by atoms with E-state index in [-0.39, 0.29) is 0 Å². The number of hydrogen-bond acceptors (Lipinski definition) is 5. The third-order valence-corrected chi connectivity index (χ3v) is 8.22. The summed E-state index contributed by atoms with van der Waals surface area (Å²) in [6.45, 7) is 2.91. The van der Waals surface area contributed by atoms with Gasteiger partial charge in [-0.2, -0.15) is 0 Å². The molecule has 2 aromatic rings. The summed E-state index contributed by atoms with van der Waals surface area (Å²) in [4.78, 5) is 5.01. The molecule has 1 aromatic carbocycles. The van der Waals surface area contributed by atoms with Gasteiger partial charge in [-0.3, -0.25) is 0 Å². The van der Waals surface area contributed by atoms with Crippen molar-refractivity contribution in [2.75, 3.05) is 6.61 Å². The van der Waals surface area contributed by atoms with Crippen LogP contribution in [0.3, 0.4) is 0 Å². The van der Waals surface area contributed by atoms with Crippen molar-refractivity contribution in [3.8, 4) is 5.75 Å². The Bertz CT molecular complexity index is 702. The molecule has 0 bridgehead atoms. The Morgan fingerprint density at radius 1 is 1.04 bits per heavy atom. The van der Waals surface area contributed by atoms with Gasteiger partial charge in [0.1, 0.15) is 11.3 Å². The Balaban J connectivity index is 1.56. The number of fused-ring (bicyclic) bond motifs is 1. The van der Waals surface area contributed by atoms with Crippen LogP contribution in [0.25, 0.3) is 10.2 Å². The van der Waals surface area contributed by atoms with Gasteiger partial charge in [-0.15, -0.1) is 11.3 Å². The number of nitrogens with zero attached hydrogens (tertiary/aromatic N) is 2. The van der Waals surface area contributed by atoms with Crippen molar-refractivity contribution in [3.63, 3.8) is 0 Å². The highest BCUT2D eigenvalue weighted by molar-refractivity contribution is 7.99. The highest BCUT2D eigenvalue weighted by Gasteiger charge is 2.30. The van der Waals surface area contributed by atoms with Crippen LogP contribution < -0.4 is 4.74 Å². The zero-order valence-electron chi connectivity index (χ0n) is 16.5. The number of benzene rings is 1. The molecule has 2 aliphatic rings. The maximum Gasteiger partial charge on any atom is 0.166 e. The number of rotatable bonds is 7. The first-order chi connectivity index (χ1) is 13.3. The van der Waals surface area contributed by atoms with Gasteiger partial charge in [0.15, 0.2) is 4.34 Å². The highest BCUT2D eigenvalue weighted by Crippen LogP contribution is 2.41. The van der Waals surface area contributed by atoms with Gasteiger partial charge in [0.05, 0.1) is 11.3 Å². The third kappa shape index (κ3) is 4.80. The molecule has 0 aliphatic heterocycles. The standard InChI is InChI=1S/C22H32N2OS2/c1-2-16-25-19-14-9-15-20-21(19)23-22(26-20)27-24(17-10-5-3-6-11-17)18-12-7-4-8-13-18/h9,14-15,17-18H,2-8,10-13,16H2,1H3. The monoisotopic (exact) mass is 404 g/mol. The fraction of sp³-hybridized carbons (Fsp3) is 0.682. The van der Waals surface area contributed by atoms with Crippen molar-refractivity contribution >= 4 is 33.5 Å². The van der Waals surface area contributed by atoms with Gasteiger partial charge in [0.2, 0.25) is 0 Å². The first-order valence-electron chi connectivity index (χ1n) is 10.8. The van der Waals surface area contributed by atoms with Crippen LogP contribution in [0, 0.1) is 0 Å². The van der Waals surface area contributed by atoms with Crippen LogP contribution in [0.2, 0.25) is 0 Å². The molecular weight excluding hydrogens is 372 g/mol. The molecule has 0 spiro atoms. The molecule has 2 saturated carbocycles. The molecular formula is C22H32N2OS2. The zero-order chi connectivity index (χ0) is 18.5. The van der Waals surface area contributed by atoms with E-state index < -0.39 is 0 Å². The third-order valence-electron chi connectivity index (χ3n) is 5.88. The van der Waals surface area contributed by atoms with E-state index in [1.54, 1.807) is 0 Å². The molecule has 0 unspecified atom stereocenters. The van der Waals surface area contributed by atoms with Crippen molar-refractivity contribution in [2.45, 2.75) is 94.0 Å². The quantitative estimate of drug-likeness (QED) is 0.461. The summed E-state index contributed by atoms with van der Waals surface area (Å²) >= 11 is 3.78. The minimum Gasteiger partial charge on any atom is -0.491 e. The fourth-order valence-corrected chi connectivity index (χ4v) is 6.90. The van der Waals surface area contributed by atoms with Gasteiger partial charge < -0.3 is 4.74 Å². The normalized spacial score (nSPS) is 19.8. The predicted octanol–water partition coefficient (Wildman–Crippen LogP) is 7.06. The first-order valence-corrected chi connectivity index (χ1v) is 12.4. The molecule has 2 aliphatic carbocycles. The molecule has 3 nitrogen and oxygen atoms in total. The Hall–Kier alpha value is -0.780. The van der Waals surface area contributed by atoms with E-state index in [1.165, 1.54) is 73.2 Å². The van der Waals surface area contributed by atoms with Crippen LogP contribution in [0.4, 0.5) is 0 Å². The number of para-hydroxylation sites is 1. The number of thiazole rings is 1. The van der Waals surface area contributed by atoms with Crippen LogP contribution in [0.5, 0.6) is 5.75 Å². The Morgan fingerprint density at radius 2 is 1.70 bits per heavy atom. The molecule has 1 heterocycles. The second kappa shape index (κ2) is 9.62. The summed E-state index contributed by atoms with van der Waals surface area (Å²) in [5, 5.41) is 0. The lowest BCUT2D eigenvalue weighted by atomic mass is 9.91. The van der Waals surface area contributed by atoms with E-state index in [0.717, 1.165) is 36.4 Å². The Labute approximate surface area is 172 Å². The summed E-state index contributed by atoms with van der Waals surface area (Å²) in [7, 11) is 0. The minimum atomic E-state index is 0.731. The molecule has 0 radical (unpaired) electrons. The molecule has 1 aromatic heterocycles. The average molecular weight is 405 g/mol. The second-order valence-electron chi connectivity index (χ2n) is 7.97. The molecule has 5 heteroatoms. The van der Waals surface area contributed by atoms with Crippen LogP contribution in [-0.4, -0.2) is 28.0 Å². The highest BCUT2D eigenvalue weighted by atomic mass is 32.2. The lowest BCUT2D eigenvalue weighted by Crippen LogP contribution is -2.40. The first kappa shape index (κ1) is 19.5. The van der Waals surface area contributed by atoms with E-state index in [9.17, 15) is 0 Å². The van der Waals surface area contributed by atoms with Crippen LogP contribution >= 0.6 is 23.3 Å². The number of hydrogen-bond donors (Lipinski definition) is 0. The fourth-order valence-electron chi connectivity index (χ4n) is 4.48. The Kier molecular flexibility index (Phi) is 6.96. The number of ether oxygens (including phenoxy) is 1. The zero-order valence-corrected chi connectivity index (χ0v) is 18.1. The maximum atomic E-state index is 5.94. The van der Waals surface area contributed by atoms with Crippen molar-refractivity contribution in [1.82, 2.24) is 9.29 Å². The summed E-state index contributed by atoms with van der Waals surface area (Å²) < 4.78 is 11.1. The van der Waals surface area contributed by atoms with Gasteiger partial charge >= 0.3 is 0 Å². The molecule has 0 amide bonds. The minimum absolute atomic E-state index is 0.731. The van der Waals surface area contributed by atoms with E-state index in [2.05, 4.69) is 29.4 Å². The van der Waals surface area contributed by atoms with Crippen molar-refractivity contribution in [1.29, 1.82) is 0 Å². The second-order valence-corrected chi connectivity index (χ2v) is 10.2. The van der Waals surface area contributed by atoms with Gasteiger partial charge in [0, 0.05) is 12.1 Å². The lowest BCUT2D eigenvalue weighted by Gasteiger charge is -2.40.